The largest absolute Gasteiger partial charge is 0.464 e. The summed E-state index contributed by atoms with van der Waals surface area (Å²) in [5.41, 5.74) is 5.39. The van der Waals surface area contributed by atoms with Crippen LogP contribution in [-0.4, -0.2) is 42.5 Å². The van der Waals surface area contributed by atoms with Crippen LogP contribution in [0.15, 0.2) is 0 Å². The molecule has 0 saturated heterocycles. The number of rotatable bonds is 6. The smallest absolute Gasteiger partial charge is 0.332 e. The molecular formula is C11H19N3O4. The maximum atomic E-state index is 11.6. The van der Waals surface area contributed by atoms with Gasteiger partial charge in [-0.25, -0.2) is 4.79 Å². The maximum Gasteiger partial charge on any atom is 0.332 e. The zero-order chi connectivity index (χ0) is 13.7. The summed E-state index contributed by atoms with van der Waals surface area (Å²) in [6, 6.07) is -1.91. The van der Waals surface area contributed by atoms with Crippen LogP contribution in [0.5, 0.6) is 0 Å². The Kier molecular flexibility index (Phi) is 5.08. The van der Waals surface area contributed by atoms with E-state index in [4.69, 9.17) is 5.73 Å². The molecule has 0 aliphatic heterocycles. The molecule has 0 radical (unpaired) electrons. The Morgan fingerprint density at radius 3 is 2.44 bits per heavy atom. The zero-order valence-corrected chi connectivity index (χ0v) is 10.6. The molecule has 1 rings (SSSR count). The molecule has 1 aliphatic rings. The van der Waals surface area contributed by atoms with Crippen LogP contribution < -0.4 is 16.4 Å². The number of nitrogens with one attached hydrogen (secondary N) is 2. The van der Waals surface area contributed by atoms with Gasteiger partial charge in [0.2, 0.25) is 11.8 Å². The average molecular weight is 257 g/mol. The Hall–Kier alpha value is -1.63. The van der Waals surface area contributed by atoms with E-state index in [1.807, 2.05) is 0 Å². The minimum Gasteiger partial charge on any atom is -0.464 e. The van der Waals surface area contributed by atoms with Gasteiger partial charge in [0.1, 0.15) is 6.04 Å². The average Bonchev–Trinajstić information content (AvgIpc) is 3.11. The van der Waals surface area contributed by atoms with E-state index >= 15 is 0 Å². The van der Waals surface area contributed by atoms with Gasteiger partial charge < -0.3 is 21.1 Å². The highest BCUT2D eigenvalue weighted by molar-refractivity contribution is 6.03. The van der Waals surface area contributed by atoms with Crippen molar-refractivity contribution in [2.75, 3.05) is 6.61 Å². The molecule has 1 aliphatic carbocycles. The standard InChI is InChI=1S/C11H19N3O4/c1-3-18-11(17)8(12)10(16)13-6(2)9(15)14-7-4-5-7/h6-8H,3-5,12H2,1-2H3,(H,13,16)(H,14,15). The third kappa shape index (κ3) is 4.33. The summed E-state index contributed by atoms with van der Waals surface area (Å²) >= 11 is 0. The molecule has 7 heteroatoms. The quantitative estimate of drug-likeness (QED) is 0.403. The number of ether oxygens (including phenoxy) is 1. The molecule has 0 heterocycles. The summed E-state index contributed by atoms with van der Waals surface area (Å²) in [6.07, 6.45) is 1.93. The second kappa shape index (κ2) is 6.34. The molecule has 0 aromatic carbocycles. The molecule has 2 unspecified atom stereocenters. The van der Waals surface area contributed by atoms with Crippen molar-refractivity contribution in [3.8, 4) is 0 Å². The lowest BCUT2D eigenvalue weighted by Gasteiger charge is -2.16. The van der Waals surface area contributed by atoms with Crippen LogP contribution in [0, 0.1) is 0 Å². The molecule has 4 N–H and O–H groups in total. The molecule has 0 spiro atoms. The van der Waals surface area contributed by atoms with Crippen molar-refractivity contribution in [1.82, 2.24) is 10.6 Å². The van der Waals surface area contributed by atoms with Gasteiger partial charge in [-0.1, -0.05) is 0 Å². The van der Waals surface area contributed by atoms with Gasteiger partial charge in [0.05, 0.1) is 6.61 Å². The second-order valence-electron chi connectivity index (χ2n) is 4.24. The minimum atomic E-state index is -1.40. The van der Waals surface area contributed by atoms with Crippen molar-refractivity contribution in [3.63, 3.8) is 0 Å². The van der Waals surface area contributed by atoms with Crippen molar-refractivity contribution in [2.24, 2.45) is 5.73 Å². The molecule has 1 saturated carbocycles. The molecule has 102 valence electrons. The van der Waals surface area contributed by atoms with E-state index in [0.29, 0.717) is 0 Å². The summed E-state index contributed by atoms with van der Waals surface area (Å²) < 4.78 is 4.62. The first-order valence-electron chi connectivity index (χ1n) is 5.98. The number of carbonyl (C=O) groups is 3. The van der Waals surface area contributed by atoms with Gasteiger partial charge in [-0.05, 0) is 26.7 Å². The summed E-state index contributed by atoms with van der Waals surface area (Å²) in [4.78, 5) is 34.3. The van der Waals surface area contributed by atoms with Crippen molar-refractivity contribution in [1.29, 1.82) is 0 Å². The number of amides is 2. The highest BCUT2D eigenvalue weighted by Crippen LogP contribution is 2.18. The fourth-order valence-electron chi connectivity index (χ4n) is 1.26. The maximum absolute atomic E-state index is 11.6. The molecule has 1 fully saturated rings. The van der Waals surface area contributed by atoms with Gasteiger partial charge in [0, 0.05) is 6.04 Å². The van der Waals surface area contributed by atoms with E-state index in [9.17, 15) is 14.4 Å². The third-order valence-electron chi connectivity index (χ3n) is 2.50. The van der Waals surface area contributed by atoms with E-state index in [2.05, 4.69) is 15.4 Å². The lowest BCUT2D eigenvalue weighted by atomic mass is 10.2. The van der Waals surface area contributed by atoms with E-state index in [1.165, 1.54) is 6.92 Å². The van der Waals surface area contributed by atoms with Crippen molar-refractivity contribution in [3.05, 3.63) is 0 Å². The summed E-state index contributed by atoms with van der Waals surface area (Å²) in [5, 5.41) is 5.12. The van der Waals surface area contributed by atoms with E-state index in [1.54, 1.807) is 6.92 Å². The summed E-state index contributed by atoms with van der Waals surface area (Å²) in [6.45, 7) is 3.30. The monoisotopic (exact) mass is 257 g/mol. The van der Waals surface area contributed by atoms with Crippen molar-refractivity contribution >= 4 is 17.8 Å². The number of hydrogen-bond acceptors (Lipinski definition) is 5. The summed E-state index contributed by atoms with van der Waals surface area (Å²) in [5.74, 6) is -1.79. The molecule has 2 amide bonds. The zero-order valence-electron chi connectivity index (χ0n) is 10.6. The van der Waals surface area contributed by atoms with Crippen LogP contribution in [0.25, 0.3) is 0 Å². The van der Waals surface area contributed by atoms with Gasteiger partial charge in [0.15, 0.2) is 6.04 Å². The Bertz CT molecular complexity index is 341. The van der Waals surface area contributed by atoms with Crippen molar-refractivity contribution < 1.29 is 19.1 Å². The molecule has 2 atom stereocenters. The van der Waals surface area contributed by atoms with Gasteiger partial charge in [-0.2, -0.15) is 0 Å². The SMILES string of the molecule is CCOC(=O)C(N)C(=O)NC(C)C(=O)NC1CC1. The van der Waals surface area contributed by atoms with Crippen molar-refractivity contribution in [2.45, 2.75) is 44.8 Å². The van der Waals surface area contributed by atoms with Gasteiger partial charge in [-0.3, -0.25) is 9.59 Å². The van der Waals surface area contributed by atoms with Crippen LogP contribution >= 0.6 is 0 Å². The number of carbonyl (C=O) groups excluding carboxylic acids is 3. The first-order valence-corrected chi connectivity index (χ1v) is 5.98. The molecule has 18 heavy (non-hydrogen) atoms. The second-order valence-corrected chi connectivity index (χ2v) is 4.24. The van der Waals surface area contributed by atoms with Crippen LogP contribution in [0.3, 0.4) is 0 Å². The lowest BCUT2D eigenvalue weighted by Crippen LogP contribution is -2.53. The van der Waals surface area contributed by atoms with Crippen LogP contribution in [-0.2, 0) is 19.1 Å². The predicted molar refractivity (Wildman–Crippen MR) is 63.4 cm³/mol. The topological polar surface area (TPSA) is 111 Å². The highest BCUT2D eigenvalue weighted by atomic mass is 16.5. The van der Waals surface area contributed by atoms with E-state index < -0.39 is 24.0 Å². The summed E-state index contributed by atoms with van der Waals surface area (Å²) in [7, 11) is 0. The highest BCUT2D eigenvalue weighted by Gasteiger charge is 2.29. The Morgan fingerprint density at radius 2 is 1.94 bits per heavy atom. The number of nitrogens with two attached hydrogens (primary N) is 1. The van der Waals surface area contributed by atoms with Gasteiger partial charge in [0.25, 0.3) is 0 Å². The van der Waals surface area contributed by atoms with Crippen LogP contribution in [0.2, 0.25) is 0 Å². The molecule has 0 bridgehead atoms. The normalized spacial score (nSPS) is 17.5. The van der Waals surface area contributed by atoms with E-state index in [0.717, 1.165) is 12.8 Å². The fraction of sp³-hybridized carbons (Fsp3) is 0.727. The van der Waals surface area contributed by atoms with E-state index in [-0.39, 0.29) is 18.6 Å². The molecule has 7 nitrogen and oxygen atoms in total. The van der Waals surface area contributed by atoms with Gasteiger partial charge in [-0.15, -0.1) is 0 Å². The Balaban J connectivity index is 2.37. The van der Waals surface area contributed by atoms with Gasteiger partial charge >= 0.3 is 5.97 Å². The minimum absolute atomic E-state index is 0.150. The Morgan fingerprint density at radius 1 is 1.33 bits per heavy atom. The predicted octanol–water partition coefficient (Wildman–Crippen LogP) is -1.34. The fourth-order valence-corrected chi connectivity index (χ4v) is 1.26. The number of esters is 1. The molecule has 0 aromatic heterocycles. The number of hydrogen-bond donors (Lipinski definition) is 3. The first-order chi connectivity index (χ1) is 8.45. The first kappa shape index (κ1) is 14.4. The molecule has 0 aromatic rings. The lowest BCUT2D eigenvalue weighted by molar-refractivity contribution is -0.148. The van der Waals surface area contributed by atoms with Crippen LogP contribution in [0.1, 0.15) is 26.7 Å². The third-order valence-corrected chi connectivity index (χ3v) is 2.50. The van der Waals surface area contributed by atoms with Crippen LogP contribution in [0.4, 0.5) is 0 Å². The Labute approximate surface area is 105 Å². The molecular weight excluding hydrogens is 238 g/mol.